The molecule has 5 nitrogen and oxygen atoms in total. The maximum Gasteiger partial charge on any atom is 0.255 e. The van der Waals surface area contributed by atoms with Crippen LogP contribution >= 0.6 is 11.3 Å². The van der Waals surface area contributed by atoms with Crippen LogP contribution in [0.3, 0.4) is 0 Å². The van der Waals surface area contributed by atoms with Crippen LogP contribution in [-0.2, 0) is 0 Å². The highest BCUT2D eigenvalue weighted by molar-refractivity contribution is 7.15. The van der Waals surface area contributed by atoms with E-state index in [0.717, 1.165) is 42.2 Å². The van der Waals surface area contributed by atoms with E-state index in [-0.39, 0.29) is 11.9 Å². The van der Waals surface area contributed by atoms with E-state index in [1.165, 1.54) is 0 Å². The Morgan fingerprint density at radius 2 is 2.30 bits per heavy atom. The number of piperidine rings is 1. The van der Waals surface area contributed by atoms with Crippen molar-refractivity contribution in [1.29, 1.82) is 0 Å². The van der Waals surface area contributed by atoms with Gasteiger partial charge in [-0.05, 0) is 38.3 Å². The Bertz CT molecular complexity index is 839. The summed E-state index contributed by atoms with van der Waals surface area (Å²) in [5.41, 5.74) is 1.69. The summed E-state index contributed by atoms with van der Waals surface area (Å²) in [5.74, 6) is 1.04. The summed E-state index contributed by atoms with van der Waals surface area (Å²) in [7, 11) is 0. The smallest absolute Gasteiger partial charge is 0.255 e. The zero-order valence-corrected chi connectivity index (χ0v) is 13.8. The highest BCUT2D eigenvalue weighted by Crippen LogP contribution is 2.35. The van der Waals surface area contributed by atoms with Crippen LogP contribution in [0.4, 0.5) is 0 Å². The summed E-state index contributed by atoms with van der Waals surface area (Å²) in [5, 5.41) is 2.07. The van der Waals surface area contributed by atoms with Crippen molar-refractivity contribution in [2.45, 2.75) is 32.2 Å². The molecule has 0 radical (unpaired) electrons. The number of rotatable bonds is 2. The molecule has 118 valence electrons. The normalized spacial score (nSPS) is 18.5. The highest BCUT2D eigenvalue weighted by atomic mass is 32.1. The molecule has 3 aromatic rings. The maximum atomic E-state index is 12.9. The minimum Gasteiger partial charge on any atom is -0.330 e. The second-order valence-electron chi connectivity index (χ2n) is 5.87. The Morgan fingerprint density at radius 1 is 1.39 bits per heavy atom. The number of likely N-dealkylation sites (tertiary alicyclic amines) is 1. The molecule has 1 saturated heterocycles. The van der Waals surface area contributed by atoms with E-state index in [1.807, 2.05) is 30.2 Å². The first-order chi connectivity index (χ1) is 11.3. The topological polar surface area (TPSA) is 50.5 Å². The van der Waals surface area contributed by atoms with Gasteiger partial charge >= 0.3 is 0 Å². The van der Waals surface area contributed by atoms with Gasteiger partial charge in [-0.3, -0.25) is 14.2 Å². The number of carbonyl (C=O) groups is 1. The molecule has 3 aromatic heterocycles. The Morgan fingerprint density at radius 3 is 3.13 bits per heavy atom. The fourth-order valence-corrected chi connectivity index (χ4v) is 4.25. The number of aromatic nitrogens is 3. The standard InChI is InChI=1S/C17H18N4OS/c1-12-19-15(17-20(12)9-10-23-17)14-6-2-3-8-21(14)16(22)13-5-4-7-18-11-13/h4-5,7,9-11,14H,2-3,6,8H2,1H3/t14-/m0/s1. The number of carbonyl (C=O) groups excluding carboxylic acids is 1. The Balaban J connectivity index is 1.73. The summed E-state index contributed by atoms with van der Waals surface area (Å²) >= 11 is 1.69. The molecule has 0 spiro atoms. The fourth-order valence-electron chi connectivity index (χ4n) is 3.33. The molecule has 4 heterocycles. The molecule has 23 heavy (non-hydrogen) atoms. The number of aryl methyl sites for hydroxylation is 1. The van der Waals surface area contributed by atoms with Crippen LogP contribution in [0.2, 0.25) is 0 Å². The van der Waals surface area contributed by atoms with Gasteiger partial charge in [-0.15, -0.1) is 11.3 Å². The van der Waals surface area contributed by atoms with Gasteiger partial charge in [0.25, 0.3) is 5.91 Å². The first-order valence-corrected chi connectivity index (χ1v) is 8.76. The molecule has 1 fully saturated rings. The Hall–Kier alpha value is -2.21. The van der Waals surface area contributed by atoms with Gasteiger partial charge in [0.2, 0.25) is 0 Å². The minimum atomic E-state index is 0.0539. The lowest BCUT2D eigenvalue weighted by atomic mass is 9.99. The van der Waals surface area contributed by atoms with E-state index in [4.69, 9.17) is 4.98 Å². The second-order valence-corrected chi connectivity index (χ2v) is 6.77. The van der Waals surface area contributed by atoms with E-state index < -0.39 is 0 Å². The predicted octanol–water partition coefficient (Wildman–Crippen LogP) is 3.47. The average molecular weight is 326 g/mol. The quantitative estimate of drug-likeness (QED) is 0.724. The summed E-state index contributed by atoms with van der Waals surface area (Å²) in [6.07, 6.45) is 8.53. The molecule has 0 saturated carbocycles. The van der Waals surface area contributed by atoms with Crippen molar-refractivity contribution < 1.29 is 4.79 Å². The van der Waals surface area contributed by atoms with Crippen LogP contribution < -0.4 is 0 Å². The van der Waals surface area contributed by atoms with Gasteiger partial charge < -0.3 is 4.90 Å². The lowest BCUT2D eigenvalue weighted by molar-refractivity contribution is 0.0608. The molecule has 6 heteroatoms. The number of hydrogen-bond acceptors (Lipinski definition) is 4. The van der Waals surface area contributed by atoms with E-state index in [2.05, 4.69) is 14.8 Å². The molecular formula is C17H18N4OS. The van der Waals surface area contributed by atoms with Crippen LogP contribution in [-0.4, -0.2) is 31.7 Å². The van der Waals surface area contributed by atoms with Gasteiger partial charge in [0.15, 0.2) is 0 Å². The van der Waals surface area contributed by atoms with Crippen molar-refractivity contribution in [3.05, 3.63) is 53.2 Å². The van der Waals surface area contributed by atoms with Crippen LogP contribution in [0.5, 0.6) is 0 Å². The van der Waals surface area contributed by atoms with Crippen molar-refractivity contribution in [2.75, 3.05) is 6.54 Å². The Labute approximate surface area is 138 Å². The molecule has 0 bridgehead atoms. The summed E-state index contributed by atoms with van der Waals surface area (Å²) < 4.78 is 2.11. The van der Waals surface area contributed by atoms with E-state index in [0.29, 0.717) is 5.56 Å². The van der Waals surface area contributed by atoms with Crippen molar-refractivity contribution in [1.82, 2.24) is 19.3 Å². The lowest BCUT2D eigenvalue weighted by Crippen LogP contribution is -2.38. The zero-order valence-electron chi connectivity index (χ0n) is 13.0. The maximum absolute atomic E-state index is 12.9. The van der Waals surface area contributed by atoms with Crippen molar-refractivity contribution in [3.63, 3.8) is 0 Å². The highest BCUT2D eigenvalue weighted by Gasteiger charge is 2.32. The summed E-state index contributed by atoms with van der Waals surface area (Å²) in [6, 6.07) is 3.70. The third-order valence-electron chi connectivity index (χ3n) is 4.45. The second kappa shape index (κ2) is 5.77. The molecule has 0 unspecified atom stereocenters. The molecular weight excluding hydrogens is 308 g/mol. The molecule has 4 rings (SSSR count). The Kier molecular flexibility index (Phi) is 3.61. The summed E-state index contributed by atoms with van der Waals surface area (Å²) in [6.45, 7) is 2.79. The van der Waals surface area contributed by atoms with Gasteiger partial charge in [-0.1, -0.05) is 0 Å². The average Bonchev–Trinajstić information content (AvgIpc) is 3.19. The molecule has 1 amide bonds. The number of hydrogen-bond donors (Lipinski definition) is 0. The number of thiazole rings is 1. The molecule has 1 aliphatic rings. The lowest BCUT2D eigenvalue weighted by Gasteiger charge is -2.34. The first-order valence-electron chi connectivity index (χ1n) is 7.89. The van der Waals surface area contributed by atoms with Gasteiger partial charge in [-0.2, -0.15) is 0 Å². The SMILES string of the molecule is Cc1nc([C@@H]2CCCCN2C(=O)c2cccnc2)c2sccn12. The largest absolute Gasteiger partial charge is 0.330 e. The van der Waals surface area contributed by atoms with Crippen LogP contribution in [0, 0.1) is 6.92 Å². The van der Waals surface area contributed by atoms with Crippen molar-refractivity contribution in [3.8, 4) is 0 Å². The number of fused-ring (bicyclic) bond motifs is 1. The van der Waals surface area contributed by atoms with E-state index in [9.17, 15) is 4.79 Å². The van der Waals surface area contributed by atoms with Crippen LogP contribution in [0.15, 0.2) is 36.1 Å². The van der Waals surface area contributed by atoms with Gasteiger partial charge in [0.1, 0.15) is 10.7 Å². The zero-order chi connectivity index (χ0) is 15.8. The molecule has 0 aliphatic carbocycles. The number of amides is 1. The molecule has 1 atom stereocenters. The number of nitrogens with zero attached hydrogens (tertiary/aromatic N) is 4. The van der Waals surface area contributed by atoms with Crippen molar-refractivity contribution in [2.24, 2.45) is 0 Å². The third-order valence-corrected chi connectivity index (χ3v) is 5.33. The van der Waals surface area contributed by atoms with E-state index in [1.54, 1.807) is 23.7 Å². The van der Waals surface area contributed by atoms with Crippen molar-refractivity contribution >= 4 is 22.1 Å². The monoisotopic (exact) mass is 326 g/mol. The molecule has 0 N–H and O–H groups in total. The van der Waals surface area contributed by atoms with Crippen LogP contribution in [0.25, 0.3) is 4.83 Å². The summed E-state index contributed by atoms with van der Waals surface area (Å²) in [4.78, 5) is 24.9. The van der Waals surface area contributed by atoms with E-state index >= 15 is 0 Å². The fraction of sp³-hybridized carbons (Fsp3) is 0.353. The van der Waals surface area contributed by atoms with Crippen LogP contribution in [0.1, 0.15) is 47.2 Å². The number of pyridine rings is 1. The molecule has 1 aliphatic heterocycles. The predicted molar refractivity (Wildman–Crippen MR) is 89.7 cm³/mol. The van der Waals surface area contributed by atoms with Gasteiger partial charge in [0.05, 0.1) is 17.3 Å². The van der Waals surface area contributed by atoms with Gasteiger partial charge in [0, 0.05) is 30.5 Å². The third kappa shape index (κ3) is 2.43. The van der Waals surface area contributed by atoms with Gasteiger partial charge in [-0.25, -0.2) is 4.98 Å². The molecule has 0 aromatic carbocycles. The number of imidazole rings is 1. The minimum absolute atomic E-state index is 0.0539. The first kappa shape index (κ1) is 14.4.